The minimum absolute atomic E-state index is 0.0234. The van der Waals surface area contributed by atoms with Crippen LogP contribution >= 0.6 is 23.2 Å². The molecule has 0 atom stereocenters. The predicted octanol–water partition coefficient (Wildman–Crippen LogP) is 3.97. The van der Waals surface area contributed by atoms with Gasteiger partial charge in [0.1, 0.15) is 11.6 Å². The number of aromatic carboxylic acids is 1. The Labute approximate surface area is 117 Å². The number of nitrogens with one attached hydrogen (secondary N) is 1. The molecule has 4 nitrogen and oxygen atoms in total. The van der Waals surface area contributed by atoms with Gasteiger partial charge in [-0.25, -0.2) is 14.2 Å². The summed E-state index contributed by atoms with van der Waals surface area (Å²) in [4.78, 5) is 14.8. The normalized spacial score (nSPS) is 10.3. The number of aromatic nitrogens is 1. The maximum atomic E-state index is 13.1. The smallest absolute Gasteiger partial charge is 0.337 e. The fraction of sp³-hybridized carbons (Fsp3) is 0. The lowest BCUT2D eigenvalue weighted by Gasteiger charge is -2.07. The van der Waals surface area contributed by atoms with Gasteiger partial charge in [0.2, 0.25) is 0 Å². The summed E-state index contributed by atoms with van der Waals surface area (Å²) in [6.07, 6.45) is 1.20. The summed E-state index contributed by atoms with van der Waals surface area (Å²) < 4.78 is 13.1. The Morgan fingerprint density at radius 3 is 2.63 bits per heavy atom. The number of carboxylic acids is 1. The first-order valence-electron chi connectivity index (χ1n) is 5.07. The van der Waals surface area contributed by atoms with Gasteiger partial charge in [0, 0.05) is 16.9 Å². The van der Waals surface area contributed by atoms with Crippen molar-refractivity contribution in [2.75, 3.05) is 5.32 Å². The Balaban J connectivity index is 2.33. The van der Waals surface area contributed by atoms with Crippen LogP contribution in [0.5, 0.6) is 0 Å². The number of pyridine rings is 1. The Morgan fingerprint density at radius 1 is 1.26 bits per heavy atom. The van der Waals surface area contributed by atoms with Gasteiger partial charge in [-0.3, -0.25) is 0 Å². The molecule has 0 saturated heterocycles. The number of carboxylic acid groups (broad SMARTS) is 1. The van der Waals surface area contributed by atoms with E-state index in [0.29, 0.717) is 5.69 Å². The number of hydrogen-bond acceptors (Lipinski definition) is 3. The van der Waals surface area contributed by atoms with E-state index >= 15 is 0 Å². The molecule has 0 unspecified atom stereocenters. The summed E-state index contributed by atoms with van der Waals surface area (Å²) in [6, 6.07) is 5.11. The van der Waals surface area contributed by atoms with E-state index < -0.39 is 11.8 Å². The Morgan fingerprint density at radius 2 is 2.00 bits per heavy atom. The van der Waals surface area contributed by atoms with Gasteiger partial charge in [0.05, 0.1) is 10.6 Å². The summed E-state index contributed by atoms with van der Waals surface area (Å²) in [5.41, 5.74) is 0.262. The number of rotatable bonds is 3. The largest absolute Gasteiger partial charge is 0.478 e. The van der Waals surface area contributed by atoms with Gasteiger partial charge in [-0.1, -0.05) is 23.2 Å². The molecule has 98 valence electrons. The molecule has 2 N–H and O–H groups in total. The molecule has 1 aromatic heterocycles. The fourth-order valence-corrected chi connectivity index (χ4v) is 1.85. The average Bonchev–Trinajstić information content (AvgIpc) is 2.30. The first kappa shape index (κ1) is 13.6. The zero-order chi connectivity index (χ0) is 14.0. The average molecular weight is 301 g/mol. The van der Waals surface area contributed by atoms with Crippen molar-refractivity contribution in [2.24, 2.45) is 0 Å². The van der Waals surface area contributed by atoms with Crippen molar-refractivity contribution in [3.05, 3.63) is 51.9 Å². The lowest BCUT2D eigenvalue weighted by Crippen LogP contribution is -2.01. The first-order valence-corrected chi connectivity index (χ1v) is 5.83. The van der Waals surface area contributed by atoms with Crippen molar-refractivity contribution in [3.63, 3.8) is 0 Å². The number of hydrogen-bond donors (Lipinski definition) is 2. The number of carbonyl (C=O) groups is 1. The fourth-order valence-electron chi connectivity index (χ4n) is 1.44. The first-order chi connectivity index (χ1) is 8.95. The van der Waals surface area contributed by atoms with E-state index in [4.69, 9.17) is 28.3 Å². The standard InChI is InChI=1S/C12H7Cl2FN2O2/c13-6-1-7(15)3-8(2-6)17-11-4-9(12(18)19)10(14)5-16-11/h1-5H,(H,16,17)(H,18,19). The molecule has 0 aliphatic rings. The van der Waals surface area contributed by atoms with Crippen LogP contribution < -0.4 is 5.32 Å². The Bertz CT molecular complexity index is 629. The Hall–Kier alpha value is -1.85. The molecule has 0 amide bonds. The summed E-state index contributed by atoms with van der Waals surface area (Å²) in [5, 5.41) is 11.9. The molecule has 0 saturated carbocycles. The van der Waals surface area contributed by atoms with Crippen molar-refractivity contribution >= 4 is 40.7 Å². The van der Waals surface area contributed by atoms with Gasteiger partial charge in [-0.05, 0) is 24.3 Å². The van der Waals surface area contributed by atoms with E-state index in [2.05, 4.69) is 10.3 Å². The van der Waals surface area contributed by atoms with Gasteiger partial charge >= 0.3 is 5.97 Å². The molecule has 2 aromatic rings. The van der Waals surface area contributed by atoms with Gasteiger partial charge in [0.15, 0.2) is 0 Å². The van der Waals surface area contributed by atoms with Crippen molar-refractivity contribution < 1.29 is 14.3 Å². The van der Waals surface area contributed by atoms with Crippen LogP contribution in [0.15, 0.2) is 30.5 Å². The predicted molar refractivity (Wildman–Crippen MR) is 70.9 cm³/mol. The second-order valence-corrected chi connectivity index (χ2v) is 4.48. The molecule has 0 fully saturated rings. The molecule has 0 spiro atoms. The number of nitrogens with zero attached hydrogens (tertiary/aromatic N) is 1. The molecule has 0 bridgehead atoms. The summed E-state index contributed by atoms with van der Waals surface area (Å²) in [5.74, 6) is -1.46. The highest BCUT2D eigenvalue weighted by Crippen LogP contribution is 2.23. The van der Waals surface area contributed by atoms with E-state index in [-0.39, 0.29) is 21.4 Å². The molecule has 1 aromatic carbocycles. The van der Waals surface area contributed by atoms with Crippen molar-refractivity contribution in [3.8, 4) is 0 Å². The van der Waals surface area contributed by atoms with Crippen molar-refractivity contribution in [1.29, 1.82) is 0 Å². The van der Waals surface area contributed by atoms with Crippen LogP contribution in [0.3, 0.4) is 0 Å². The summed E-state index contributed by atoms with van der Waals surface area (Å²) in [7, 11) is 0. The van der Waals surface area contributed by atoms with Gasteiger partial charge < -0.3 is 10.4 Å². The molecule has 0 radical (unpaired) electrons. The van der Waals surface area contributed by atoms with Gasteiger partial charge in [0.25, 0.3) is 0 Å². The molecule has 0 aliphatic heterocycles. The maximum absolute atomic E-state index is 13.1. The number of benzene rings is 1. The zero-order valence-corrected chi connectivity index (χ0v) is 10.8. The highest BCUT2D eigenvalue weighted by Gasteiger charge is 2.10. The second-order valence-electron chi connectivity index (χ2n) is 3.64. The van der Waals surface area contributed by atoms with Gasteiger partial charge in [-0.15, -0.1) is 0 Å². The third kappa shape index (κ3) is 3.33. The molecule has 0 aliphatic carbocycles. The molecular formula is C12H7Cl2FN2O2. The lowest BCUT2D eigenvalue weighted by molar-refractivity contribution is 0.0697. The molecule has 2 rings (SSSR count). The van der Waals surface area contributed by atoms with Crippen LogP contribution in [0.2, 0.25) is 10.0 Å². The summed E-state index contributed by atoms with van der Waals surface area (Å²) in [6.45, 7) is 0. The zero-order valence-electron chi connectivity index (χ0n) is 9.32. The van der Waals surface area contributed by atoms with E-state index in [0.717, 1.165) is 6.07 Å². The molecule has 19 heavy (non-hydrogen) atoms. The van der Waals surface area contributed by atoms with Crippen LogP contribution in [0.1, 0.15) is 10.4 Å². The SMILES string of the molecule is O=C(O)c1cc(Nc2cc(F)cc(Cl)c2)ncc1Cl. The second kappa shape index (κ2) is 5.42. The third-order valence-corrected chi connectivity index (χ3v) is 2.74. The molecular weight excluding hydrogens is 294 g/mol. The van der Waals surface area contributed by atoms with E-state index in [1.807, 2.05) is 0 Å². The third-order valence-electron chi connectivity index (χ3n) is 2.22. The quantitative estimate of drug-likeness (QED) is 0.900. The number of anilines is 2. The molecule has 1 heterocycles. The van der Waals surface area contributed by atoms with Crippen molar-refractivity contribution in [2.45, 2.75) is 0 Å². The topological polar surface area (TPSA) is 62.2 Å². The minimum Gasteiger partial charge on any atom is -0.478 e. The van der Waals surface area contributed by atoms with Crippen LogP contribution in [0.4, 0.5) is 15.9 Å². The van der Waals surface area contributed by atoms with E-state index in [1.54, 1.807) is 0 Å². The number of halogens is 3. The highest BCUT2D eigenvalue weighted by molar-refractivity contribution is 6.33. The minimum atomic E-state index is -1.17. The van der Waals surface area contributed by atoms with Crippen LogP contribution in [0.25, 0.3) is 0 Å². The van der Waals surface area contributed by atoms with Crippen LogP contribution in [-0.2, 0) is 0 Å². The van der Waals surface area contributed by atoms with Crippen LogP contribution in [0, 0.1) is 5.82 Å². The Kier molecular flexibility index (Phi) is 3.87. The summed E-state index contributed by atoms with van der Waals surface area (Å²) >= 11 is 11.4. The van der Waals surface area contributed by atoms with Crippen LogP contribution in [-0.4, -0.2) is 16.1 Å². The van der Waals surface area contributed by atoms with E-state index in [9.17, 15) is 9.18 Å². The monoisotopic (exact) mass is 300 g/mol. The van der Waals surface area contributed by atoms with E-state index in [1.165, 1.54) is 24.4 Å². The molecule has 7 heteroatoms. The maximum Gasteiger partial charge on any atom is 0.337 e. The highest BCUT2D eigenvalue weighted by atomic mass is 35.5. The lowest BCUT2D eigenvalue weighted by atomic mass is 10.2. The van der Waals surface area contributed by atoms with Gasteiger partial charge in [-0.2, -0.15) is 0 Å². The van der Waals surface area contributed by atoms with Crippen molar-refractivity contribution in [1.82, 2.24) is 4.98 Å².